The van der Waals surface area contributed by atoms with E-state index in [1.165, 1.54) is 0 Å². The molecule has 80 valence electrons. The lowest BCUT2D eigenvalue weighted by Crippen LogP contribution is -2.43. The highest BCUT2D eigenvalue weighted by Gasteiger charge is 2.38. The maximum Gasteiger partial charge on any atom is 0.341 e. The fourth-order valence-electron chi connectivity index (χ4n) is 0.954. The van der Waals surface area contributed by atoms with Crippen molar-refractivity contribution in [1.82, 2.24) is 5.32 Å². The van der Waals surface area contributed by atoms with Crippen LogP contribution in [0.3, 0.4) is 0 Å². The zero-order valence-electron chi connectivity index (χ0n) is 7.82. The van der Waals surface area contributed by atoms with Crippen LogP contribution in [0.2, 0.25) is 0 Å². The average molecular weight is 207 g/mol. The van der Waals surface area contributed by atoms with Crippen LogP contribution in [0.4, 0.5) is 13.2 Å². The van der Waals surface area contributed by atoms with Crippen molar-refractivity contribution < 1.29 is 17.9 Å². The molecule has 2 nitrogen and oxygen atoms in total. The largest absolute Gasteiger partial charge is 0.341 e. The second kappa shape index (κ2) is 4.50. The maximum atomic E-state index is 13.5. The maximum absolute atomic E-state index is 13.5. The summed E-state index contributed by atoms with van der Waals surface area (Å²) in [7, 11) is 0. The summed E-state index contributed by atoms with van der Waals surface area (Å²) < 4.78 is 43.5. The van der Waals surface area contributed by atoms with Crippen molar-refractivity contribution in [2.45, 2.75) is 25.7 Å². The summed E-state index contributed by atoms with van der Waals surface area (Å²) >= 11 is 0. The predicted molar refractivity (Wildman–Crippen MR) is 46.2 cm³/mol. The number of halogens is 3. The van der Waals surface area contributed by atoms with E-state index in [4.69, 9.17) is 0 Å². The molecule has 0 fully saturated rings. The van der Waals surface area contributed by atoms with Crippen LogP contribution >= 0.6 is 0 Å². The Labute approximate surface area is 80.4 Å². The van der Waals surface area contributed by atoms with Gasteiger partial charge in [0.05, 0.1) is 6.61 Å². The third kappa shape index (κ3) is 2.51. The van der Waals surface area contributed by atoms with Crippen LogP contribution in [0.1, 0.15) is 19.8 Å². The molecule has 5 heteroatoms. The van der Waals surface area contributed by atoms with Crippen molar-refractivity contribution >= 4 is 0 Å². The lowest BCUT2D eigenvalue weighted by Gasteiger charge is -2.26. The fourth-order valence-corrected chi connectivity index (χ4v) is 0.954. The van der Waals surface area contributed by atoms with Crippen molar-refractivity contribution in [1.29, 1.82) is 0 Å². The number of ether oxygens (including phenoxy) is 1. The number of hydrogen-bond donors (Lipinski definition) is 1. The lowest BCUT2D eigenvalue weighted by molar-refractivity contribution is -0.146. The third-order valence-electron chi connectivity index (χ3n) is 1.77. The Morgan fingerprint density at radius 1 is 1.50 bits per heavy atom. The molecular weight excluding hydrogens is 195 g/mol. The Hall–Kier alpha value is -0.970. The summed E-state index contributed by atoms with van der Waals surface area (Å²) in [5.74, 6) is -4.87. The molecule has 1 atom stereocenters. The van der Waals surface area contributed by atoms with Gasteiger partial charge in [0.15, 0.2) is 5.83 Å². The number of hydrogen-bond acceptors (Lipinski definition) is 2. The first-order valence-corrected chi connectivity index (χ1v) is 4.42. The first-order valence-electron chi connectivity index (χ1n) is 4.42. The summed E-state index contributed by atoms with van der Waals surface area (Å²) in [6.07, 6.45) is 2.62. The molecule has 0 aromatic heterocycles. The molecule has 0 radical (unpaired) electrons. The minimum Gasteiger partial charge on any atom is -0.328 e. The number of unbranched alkanes of at least 4 members (excludes halogenated alkanes) is 1. The number of allylic oxidation sites excluding steroid dienone is 2. The molecule has 1 aliphatic rings. The SMILES string of the molecule is CCCCOC1(F)NC=C(F)C=C1F. The first-order chi connectivity index (χ1) is 6.58. The van der Waals surface area contributed by atoms with E-state index in [2.05, 4.69) is 4.74 Å². The highest BCUT2D eigenvalue weighted by atomic mass is 19.2. The van der Waals surface area contributed by atoms with Crippen molar-refractivity contribution in [2.24, 2.45) is 0 Å². The molecule has 1 N–H and O–H groups in total. The molecule has 0 aliphatic carbocycles. The van der Waals surface area contributed by atoms with Crippen molar-refractivity contribution in [3.63, 3.8) is 0 Å². The van der Waals surface area contributed by atoms with Gasteiger partial charge >= 0.3 is 5.98 Å². The Morgan fingerprint density at radius 3 is 2.79 bits per heavy atom. The molecule has 0 aromatic rings. The number of nitrogens with one attached hydrogen (secondary N) is 1. The molecule has 1 unspecified atom stereocenters. The Kier molecular flexibility index (Phi) is 3.57. The molecule has 0 saturated heterocycles. The molecule has 0 amide bonds. The zero-order valence-corrected chi connectivity index (χ0v) is 7.82. The molecule has 1 heterocycles. The number of alkyl halides is 1. The molecule has 1 aliphatic heterocycles. The van der Waals surface area contributed by atoms with E-state index in [0.29, 0.717) is 12.5 Å². The van der Waals surface area contributed by atoms with Gasteiger partial charge in [-0.25, -0.2) is 8.78 Å². The van der Waals surface area contributed by atoms with E-state index in [1.54, 1.807) is 0 Å². The molecule has 0 saturated carbocycles. The Balaban J connectivity index is 2.54. The van der Waals surface area contributed by atoms with Gasteiger partial charge in [-0.2, -0.15) is 4.39 Å². The van der Waals surface area contributed by atoms with Gasteiger partial charge in [-0.1, -0.05) is 13.3 Å². The third-order valence-corrected chi connectivity index (χ3v) is 1.77. The van der Waals surface area contributed by atoms with Crippen LogP contribution < -0.4 is 5.32 Å². The summed E-state index contributed by atoms with van der Waals surface area (Å²) in [4.78, 5) is 0. The van der Waals surface area contributed by atoms with E-state index < -0.39 is 17.6 Å². The second-order valence-electron chi connectivity index (χ2n) is 2.96. The number of rotatable bonds is 4. The Morgan fingerprint density at radius 2 is 2.21 bits per heavy atom. The molecule has 0 spiro atoms. The van der Waals surface area contributed by atoms with Gasteiger partial charge in [0.1, 0.15) is 5.83 Å². The summed E-state index contributed by atoms with van der Waals surface area (Å²) in [6, 6.07) is 0. The minimum absolute atomic E-state index is 0.0801. The minimum atomic E-state index is -2.70. The van der Waals surface area contributed by atoms with Crippen LogP contribution in [-0.2, 0) is 4.74 Å². The van der Waals surface area contributed by atoms with E-state index in [-0.39, 0.29) is 6.61 Å². The standard InChI is InChI=1S/C9H12F3NO/c1-2-3-4-14-9(12)8(11)5-7(10)6-13-9/h5-6,13H,2-4H2,1H3. The van der Waals surface area contributed by atoms with Crippen LogP contribution in [0, 0.1) is 0 Å². The summed E-state index contributed by atoms with van der Waals surface area (Å²) in [5.41, 5.74) is 0. The average Bonchev–Trinajstić information content (AvgIpc) is 2.13. The molecule has 0 aromatic carbocycles. The lowest BCUT2D eigenvalue weighted by atomic mass is 10.3. The van der Waals surface area contributed by atoms with E-state index in [9.17, 15) is 13.2 Å². The quantitative estimate of drug-likeness (QED) is 0.565. The first kappa shape index (κ1) is 11.1. The van der Waals surface area contributed by atoms with Crippen LogP contribution in [0.5, 0.6) is 0 Å². The van der Waals surface area contributed by atoms with E-state index >= 15 is 0 Å². The van der Waals surface area contributed by atoms with Crippen molar-refractivity contribution in [2.75, 3.05) is 6.61 Å². The van der Waals surface area contributed by atoms with Crippen LogP contribution in [0.15, 0.2) is 23.9 Å². The van der Waals surface area contributed by atoms with E-state index in [0.717, 1.165) is 12.6 Å². The predicted octanol–water partition coefficient (Wildman–Crippen LogP) is 2.69. The fraction of sp³-hybridized carbons (Fsp3) is 0.556. The zero-order chi connectivity index (χ0) is 10.6. The van der Waals surface area contributed by atoms with E-state index in [1.807, 2.05) is 12.2 Å². The summed E-state index contributed by atoms with van der Waals surface area (Å²) in [6.45, 7) is 1.98. The molecule has 14 heavy (non-hydrogen) atoms. The van der Waals surface area contributed by atoms with Gasteiger partial charge in [0.2, 0.25) is 0 Å². The highest BCUT2D eigenvalue weighted by Crippen LogP contribution is 2.27. The molecular formula is C9H12F3NO. The monoisotopic (exact) mass is 207 g/mol. The van der Waals surface area contributed by atoms with Gasteiger partial charge in [-0.3, -0.25) is 0 Å². The van der Waals surface area contributed by atoms with Crippen molar-refractivity contribution in [3.8, 4) is 0 Å². The highest BCUT2D eigenvalue weighted by molar-refractivity contribution is 5.23. The van der Waals surface area contributed by atoms with Gasteiger partial charge in [-0.15, -0.1) is 0 Å². The van der Waals surface area contributed by atoms with Crippen molar-refractivity contribution in [3.05, 3.63) is 23.9 Å². The second-order valence-corrected chi connectivity index (χ2v) is 2.96. The van der Waals surface area contributed by atoms with Gasteiger partial charge in [0, 0.05) is 12.3 Å². The topological polar surface area (TPSA) is 21.3 Å². The van der Waals surface area contributed by atoms with Gasteiger partial charge in [0.25, 0.3) is 0 Å². The van der Waals surface area contributed by atoms with Crippen LogP contribution in [-0.4, -0.2) is 12.6 Å². The molecule has 1 rings (SSSR count). The van der Waals surface area contributed by atoms with Gasteiger partial charge < -0.3 is 10.1 Å². The summed E-state index contributed by atoms with van der Waals surface area (Å²) in [5, 5.41) is 1.88. The number of dihydropyridines is 1. The molecule has 0 bridgehead atoms. The Bertz CT molecular complexity index is 265. The van der Waals surface area contributed by atoms with Gasteiger partial charge in [-0.05, 0) is 6.42 Å². The smallest absolute Gasteiger partial charge is 0.328 e. The normalized spacial score (nSPS) is 26.6. The van der Waals surface area contributed by atoms with Crippen LogP contribution in [0.25, 0.3) is 0 Å².